The first-order valence-corrected chi connectivity index (χ1v) is 21.5. The van der Waals surface area contributed by atoms with Crippen molar-refractivity contribution in [3.8, 4) is 0 Å². The molecule has 1 aromatic carbocycles. The van der Waals surface area contributed by atoms with Crippen molar-refractivity contribution in [2.45, 2.75) is 63.1 Å². The first-order chi connectivity index (χ1) is 28.3. The van der Waals surface area contributed by atoms with Crippen molar-refractivity contribution in [2.75, 3.05) is 29.8 Å². The highest BCUT2D eigenvalue weighted by Crippen LogP contribution is 2.51. The van der Waals surface area contributed by atoms with Gasteiger partial charge in [0.1, 0.15) is 30.7 Å². The molecule has 4 N–H and O–H groups in total. The molecule has 2 aliphatic rings. The monoisotopic (exact) mass is 898 g/mol. The molecule has 0 aliphatic carbocycles. The number of thiol groups is 1. The second-order valence-electron chi connectivity index (χ2n) is 13.2. The third-order valence-electron chi connectivity index (χ3n) is 9.10. The Labute approximate surface area is 343 Å². The fourth-order valence-corrected chi connectivity index (χ4v) is 8.15. The minimum atomic E-state index is -4.45. The standard InChI is InChI=1S/C32H34F2N10O11P2S2/c1-14(2)27(45)41-32-40-26-21(29(47)42-32)38-12-44(26)31-19(34)23(16(52-31)8-50-13-58)55-57(49,59)51-9-17-22(54-56-48)18(33)30(53-17)43-11-37-20-24(35-10-36-25(20)43)39-28(46)15-6-4-3-5-7-15/h3-7,10-12,14,16-19,22-23,30-31,58H,8-9,13H2,1-2H3,(H,49,59)(H,35,36,39,46)(H2,40,41,42,45,47)/t16-,17-,18-,19-,22-,23-,30-,31-,57?/m1/s1. The quantitative estimate of drug-likeness (QED) is 0.0540. The molecule has 0 saturated carbocycles. The number of carbonyl (C=O) groups is 2. The Balaban J connectivity index is 1.07. The fourth-order valence-electron chi connectivity index (χ4n) is 6.26. The zero-order chi connectivity index (χ0) is 42.0. The molecule has 2 fully saturated rings. The lowest BCUT2D eigenvalue weighted by molar-refractivity contribution is -0.118. The van der Waals surface area contributed by atoms with Crippen molar-refractivity contribution < 1.29 is 55.6 Å². The molecule has 21 nitrogen and oxygen atoms in total. The lowest BCUT2D eigenvalue weighted by Crippen LogP contribution is -2.35. The molecule has 7 rings (SSSR count). The van der Waals surface area contributed by atoms with Crippen LogP contribution in [0.25, 0.3) is 22.3 Å². The number of imidazole rings is 2. The van der Waals surface area contributed by atoms with E-state index < -0.39 is 94.5 Å². The minimum absolute atomic E-state index is 0.0355. The lowest BCUT2D eigenvalue weighted by Gasteiger charge is -2.26. The van der Waals surface area contributed by atoms with Crippen molar-refractivity contribution in [3.05, 3.63) is 65.2 Å². The number of anilines is 2. The third-order valence-corrected chi connectivity index (χ3v) is 11.2. The summed E-state index contributed by atoms with van der Waals surface area (Å²) in [7, 11) is -0.909. The number of alkyl halides is 2. The topological polar surface area (TPSA) is 258 Å². The van der Waals surface area contributed by atoms with E-state index in [2.05, 4.69) is 53.2 Å². The molecule has 1 unspecified atom stereocenters. The van der Waals surface area contributed by atoms with Crippen LogP contribution in [0.2, 0.25) is 0 Å². The number of nitrogens with one attached hydrogen (secondary N) is 3. The van der Waals surface area contributed by atoms with Crippen LogP contribution in [-0.2, 0) is 48.9 Å². The Hall–Kier alpha value is -4.26. The van der Waals surface area contributed by atoms with Gasteiger partial charge in [-0.15, -0.1) is 0 Å². The average molecular weight is 899 g/mol. The van der Waals surface area contributed by atoms with Crippen LogP contribution in [0.1, 0.15) is 36.7 Å². The van der Waals surface area contributed by atoms with Gasteiger partial charge in [0.05, 0.1) is 31.8 Å². The zero-order valence-corrected chi connectivity index (χ0v) is 34.1. The molecule has 0 bridgehead atoms. The van der Waals surface area contributed by atoms with Crippen molar-refractivity contribution in [1.29, 1.82) is 0 Å². The van der Waals surface area contributed by atoms with Gasteiger partial charge in [0.25, 0.3) is 11.5 Å². The maximum Gasteiger partial charge on any atom is 0.327 e. The number of benzene rings is 1. The summed E-state index contributed by atoms with van der Waals surface area (Å²) >= 11 is 9.26. The molecule has 2 aliphatic heterocycles. The van der Waals surface area contributed by atoms with Crippen molar-refractivity contribution in [3.63, 3.8) is 0 Å². The van der Waals surface area contributed by atoms with Gasteiger partial charge in [-0.2, -0.15) is 17.6 Å². The molecule has 6 heterocycles. The summed E-state index contributed by atoms with van der Waals surface area (Å²) in [5.41, 5.74) is -0.535. The number of fused-ring (bicyclic) bond motifs is 2. The molecular formula is C32H34F2N10O11P2S2. The second-order valence-corrected chi connectivity index (χ2v) is 16.7. The Morgan fingerprint density at radius 1 is 1.00 bits per heavy atom. The first kappa shape index (κ1) is 42.8. The number of carbonyl (C=O) groups excluding carboxylic acids is 2. The Morgan fingerprint density at radius 2 is 1.66 bits per heavy atom. The molecule has 2 amide bonds. The van der Waals surface area contributed by atoms with E-state index in [-0.39, 0.29) is 46.6 Å². The number of aromatic nitrogens is 8. The Bertz CT molecular complexity index is 2450. The number of halogens is 2. The number of ether oxygens (including phenoxy) is 3. The predicted octanol–water partition coefficient (Wildman–Crippen LogP) is 3.39. The van der Waals surface area contributed by atoms with Crippen molar-refractivity contribution in [1.82, 2.24) is 39.0 Å². The highest BCUT2D eigenvalue weighted by molar-refractivity contribution is 8.07. The maximum absolute atomic E-state index is 16.4. The van der Waals surface area contributed by atoms with Gasteiger partial charge in [0.15, 0.2) is 52.9 Å². The van der Waals surface area contributed by atoms with E-state index in [9.17, 15) is 23.8 Å². The van der Waals surface area contributed by atoms with Gasteiger partial charge >= 0.3 is 15.4 Å². The highest BCUT2D eigenvalue weighted by Gasteiger charge is 2.52. The molecule has 4 aromatic heterocycles. The maximum atomic E-state index is 16.4. The summed E-state index contributed by atoms with van der Waals surface area (Å²) < 4.78 is 79.8. The molecule has 59 heavy (non-hydrogen) atoms. The number of H-pyrrole nitrogens is 1. The zero-order valence-electron chi connectivity index (χ0n) is 30.6. The summed E-state index contributed by atoms with van der Waals surface area (Å²) in [6.07, 6.45) is -9.59. The number of rotatable bonds is 16. The minimum Gasteiger partial charge on any atom is -0.368 e. The second kappa shape index (κ2) is 18.2. The molecule has 0 spiro atoms. The third kappa shape index (κ3) is 9.10. The Kier molecular flexibility index (Phi) is 13.2. The average Bonchev–Trinajstić information content (AvgIpc) is 3.98. The largest absolute Gasteiger partial charge is 0.368 e. The molecule has 5 aromatic rings. The van der Waals surface area contributed by atoms with Gasteiger partial charge in [-0.25, -0.2) is 33.3 Å². The van der Waals surface area contributed by atoms with Crippen molar-refractivity contribution >= 4 is 85.7 Å². The van der Waals surface area contributed by atoms with Gasteiger partial charge in [-0.05, 0) is 23.9 Å². The number of hydrogen-bond donors (Lipinski definition) is 5. The van der Waals surface area contributed by atoms with Crippen molar-refractivity contribution in [2.24, 2.45) is 5.92 Å². The molecule has 2 saturated heterocycles. The van der Waals surface area contributed by atoms with Crippen LogP contribution < -0.4 is 16.2 Å². The molecule has 314 valence electrons. The van der Waals surface area contributed by atoms with Gasteiger partial charge < -0.3 is 28.9 Å². The van der Waals surface area contributed by atoms with Gasteiger partial charge in [0, 0.05) is 11.5 Å². The van der Waals surface area contributed by atoms with E-state index in [0.717, 1.165) is 17.2 Å². The summed E-state index contributed by atoms with van der Waals surface area (Å²) in [5.74, 6) is -1.65. The van der Waals surface area contributed by atoms with Crippen LogP contribution in [0.15, 0.2) is 54.1 Å². The van der Waals surface area contributed by atoms with Crippen LogP contribution in [0, 0.1) is 5.92 Å². The highest BCUT2D eigenvalue weighted by atomic mass is 32.5. The van der Waals surface area contributed by atoms with Gasteiger partial charge in [0.2, 0.25) is 11.9 Å². The first-order valence-electron chi connectivity index (χ1n) is 17.5. The van der Waals surface area contributed by atoms with Crippen LogP contribution in [0.5, 0.6) is 0 Å². The molecule has 0 radical (unpaired) electrons. The molecule has 9 atom stereocenters. The lowest BCUT2D eigenvalue weighted by atomic mass is 10.1. The number of nitrogens with zero attached hydrogens (tertiary/aromatic N) is 7. The number of aromatic amines is 1. The number of hydrogen-bond acceptors (Lipinski definition) is 17. The fraction of sp³-hybridized carbons (Fsp3) is 0.438. The number of amides is 2. The van der Waals surface area contributed by atoms with E-state index in [1.54, 1.807) is 44.2 Å². The summed E-state index contributed by atoms with van der Waals surface area (Å²) in [5, 5.41) is 5.13. The summed E-state index contributed by atoms with van der Waals surface area (Å²) in [4.78, 5) is 72.3. The van der Waals surface area contributed by atoms with E-state index in [0.29, 0.717) is 5.56 Å². The van der Waals surface area contributed by atoms with E-state index >= 15 is 8.78 Å². The van der Waals surface area contributed by atoms with E-state index in [1.165, 1.54) is 10.9 Å². The Morgan fingerprint density at radius 3 is 2.34 bits per heavy atom. The molecular weight excluding hydrogens is 864 g/mol. The van der Waals surface area contributed by atoms with Crippen LogP contribution in [0.4, 0.5) is 20.5 Å². The SMILES string of the molecule is CC(C)C(=O)Nc1nc2c(ncn2[C@@H]2O[C@H](COCS)[C@@H](OP(O)(=S)OC[C@H]3O[C@@H](n4cnc5c(NC(=O)c6ccccc6)ncnc54)[C@H](F)[C@@H]3OP=O)[C@H]2F)c(=O)[nH]1. The van der Waals surface area contributed by atoms with Crippen LogP contribution >= 0.6 is 28.0 Å². The smallest absolute Gasteiger partial charge is 0.327 e. The summed E-state index contributed by atoms with van der Waals surface area (Å²) in [6.45, 7) is -2.17. The van der Waals surface area contributed by atoms with E-state index in [4.69, 9.17) is 39.6 Å². The van der Waals surface area contributed by atoms with Crippen LogP contribution in [-0.4, -0.2) is 112 Å². The molecule has 27 heteroatoms. The van der Waals surface area contributed by atoms with Gasteiger partial charge in [-0.3, -0.25) is 42.9 Å². The summed E-state index contributed by atoms with van der Waals surface area (Å²) in [6, 6.07) is 8.33. The van der Waals surface area contributed by atoms with Crippen LogP contribution in [0.3, 0.4) is 0 Å². The van der Waals surface area contributed by atoms with E-state index in [1.807, 2.05) is 0 Å². The predicted molar refractivity (Wildman–Crippen MR) is 209 cm³/mol. The normalized spacial score (nSPS) is 25.5. The van der Waals surface area contributed by atoms with Gasteiger partial charge in [-0.1, -0.05) is 32.0 Å².